The average molecular weight is 376 g/mol. The topological polar surface area (TPSA) is 40.5 Å². The summed E-state index contributed by atoms with van der Waals surface area (Å²) in [6.45, 7) is 2.00. The van der Waals surface area contributed by atoms with E-state index in [1.165, 1.54) is 0 Å². The summed E-state index contributed by atoms with van der Waals surface area (Å²) in [7, 11) is 9.93. The first-order chi connectivity index (χ1) is 12.3. The maximum atomic E-state index is 6.07. The second-order valence-corrected chi connectivity index (χ2v) is 10.2. The van der Waals surface area contributed by atoms with Gasteiger partial charge in [0.05, 0.1) is 0 Å². The Kier molecular flexibility index (Phi) is 6.84. The lowest BCUT2D eigenvalue weighted by Crippen LogP contribution is -2.31. The van der Waals surface area contributed by atoms with E-state index in [2.05, 4.69) is 18.9 Å². The van der Waals surface area contributed by atoms with E-state index in [1.54, 1.807) is 0 Å². The van der Waals surface area contributed by atoms with Crippen LogP contribution in [0.1, 0.15) is 5.56 Å². The molecule has 0 saturated heterocycles. The highest BCUT2D eigenvalue weighted by atomic mass is 31.2. The molecule has 0 amide bonds. The van der Waals surface area contributed by atoms with Gasteiger partial charge in [-0.2, -0.15) is 0 Å². The molecule has 0 aliphatic rings. The molecule has 7 heteroatoms. The van der Waals surface area contributed by atoms with Gasteiger partial charge in [-0.25, -0.2) is 14.0 Å². The molecule has 2 rings (SSSR count). The van der Waals surface area contributed by atoms with Gasteiger partial charge in [0.2, 0.25) is 13.3 Å². The Balaban J connectivity index is 2.44. The van der Waals surface area contributed by atoms with Crippen LogP contribution < -0.4 is 9.57 Å². The lowest BCUT2D eigenvalue weighted by Gasteiger charge is -2.39. The van der Waals surface area contributed by atoms with Gasteiger partial charge in [-0.3, -0.25) is 0 Å². The molecule has 2 aromatic carbocycles. The van der Waals surface area contributed by atoms with E-state index in [9.17, 15) is 0 Å². The number of aryl methyl sites for hydroxylation is 1. The van der Waals surface area contributed by atoms with Crippen LogP contribution in [0.25, 0.3) is 0 Å². The van der Waals surface area contributed by atoms with Crippen molar-refractivity contribution in [1.29, 1.82) is 0 Å². The summed E-state index contributed by atoms with van der Waals surface area (Å²) in [4.78, 5) is 10.6. The molecule has 0 heterocycles. The number of hydrogen-bond donors (Lipinski definition) is 0. The molecule has 0 spiro atoms. The number of nitrogens with zero attached hydrogens (tertiary/aromatic N) is 4. The summed E-state index contributed by atoms with van der Waals surface area (Å²) >= 11 is 0. The van der Waals surface area contributed by atoms with Gasteiger partial charge < -0.3 is 9.57 Å². The minimum atomic E-state index is -2.15. The summed E-state index contributed by atoms with van der Waals surface area (Å²) in [5, 5.41) is 0. The van der Waals surface area contributed by atoms with E-state index in [0.717, 1.165) is 11.3 Å². The van der Waals surface area contributed by atoms with Crippen LogP contribution in [0, 0.1) is 6.92 Å². The average Bonchev–Trinajstić information content (AvgIpc) is 2.58. The SMILES string of the molecule is Cc1cccc(ON=P(N(C)C)(N(C)C)N(C)C)c1Oc1ccccc1. The zero-order valence-corrected chi connectivity index (χ0v) is 17.6. The molecule has 2 aromatic rings. The molecule has 0 N–H and O–H groups in total. The molecule has 26 heavy (non-hydrogen) atoms. The first kappa shape index (κ1) is 20.5. The van der Waals surface area contributed by atoms with Crippen molar-refractivity contribution in [3.63, 3.8) is 0 Å². The fourth-order valence-corrected chi connectivity index (χ4v) is 5.61. The van der Waals surface area contributed by atoms with Gasteiger partial charge in [0.15, 0.2) is 5.75 Å². The van der Waals surface area contributed by atoms with Crippen molar-refractivity contribution in [2.75, 3.05) is 42.3 Å². The van der Waals surface area contributed by atoms with E-state index in [0.29, 0.717) is 11.5 Å². The first-order valence-electron chi connectivity index (χ1n) is 8.43. The summed E-state index contributed by atoms with van der Waals surface area (Å²) in [6, 6.07) is 15.5. The monoisotopic (exact) mass is 376 g/mol. The lowest BCUT2D eigenvalue weighted by molar-refractivity contribution is 0.308. The molecule has 0 radical (unpaired) electrons. The van der Waals surface area contributed by atoms with Gasteiger partial charge in [-0.05, 0) is 73.0 Å². The van der Waals surface area contributed by atoms with E-state index < -0.39 is 7.51 Å². The molecule has 0 fully saturated rings. The second-order valence-electron chi connectivity index (χ2n) is 6.57. The molecular weight excluding hydrogens is 347 g/mol. The Morgan fingerprint density at radius 1 is 0.769 bits per heavy atom. The van der Waals surface area contributed by atoms with Crippen LogP contribution in [0.2, 0.25) is 0 Å². The Labute approximate surface area is 157 Å². The third kappa shape index (κ3) is 4.27. The Morgan fingerprint density at radius 2 is 1.35 bits per heavy atom. The molecule has 0 aromatic heterocycles. The maximum Gasteiger partial charge on any atom is 0.210 e. The van der Waals surface area contributed by atoms with Crippen molar-refractivity contribution in [3.8, 4) is 17.2 Å². The number of benzene rings is 2. The second kappa shape index (κ2) is 8.69. The zero-order chi connectivity index (χ0) is 19.3. The van der Waals surface area contributed by atoms with E-state index in [4.69, 9.17) is 9.57 Å². The van der Waals surface area contributed by atoms with Crippen LogP contribution in [0.15, 0.2) is 53.4 Å². The molecule has 0 bridgehead atoms. The maximum absolute atomic E-state index is 6.07. The van der Waals surface area contributed by atoms with Crippen molar-refractivity contribution in [3.05, 3.63) is 54.1 Å². The number of ether oxygens (including phenoxy) is 1. The van der Waals surface area contributed by atoms with Crippen LogP contribution in [0.4, 0.5) is 0 Å². The summed E-state index contributed by atoms with van der Waals surface area (Å²) in [5.41, 5.74) is 0.991. The summed E-state index contributed by atoms with van der Waals surface area (Å²) in [6.07, 6.45) is 0. The quantitative estimate of drug-likeness (QED) is 0.517. The van der Waals surface area contributed by atoms with E-state index in [-0.39, 0.29) is 0 Å². The highest BCUT2D eigenvalue weighted by molar-refractivity contribution is 7.58. The molecule has 0 aliphatic heterocycles. The van der Waals surface area contributed by atoms with Gasteiger partial charge in [-0.15, -0.1) is 0 Å². The van der Waals surface area contributed by atoms with Crippen LogP contribution in [0.5, 0.6) is 17.2 Å². The van der Waals surface area contributed by atoms with Crippen molar-refractivity contribution in [2.45, 2.75) is 6.92 Å². The molecule has 0 saturated carbocycles. The van der Waals surface area contributed by atoms with Crippen molar-refractivity contribution in [2.24, 2.45) is 4.91 Å². The predicted molar refractivity (Wildman–Crippen MR) is 109 cm³/mol. The number of hydrogen-bond acceptors (Lipinski definition) is 3. The minimum Gasteiger partial charge on any atom is -0.453 e. The third-order valence-corrected chi connectivity index (χ3v) is 7.52. The van der Waals surface area contributed by atoms with Crippen LogP contribution in [-0.4, -0.2) is 56.3 Å². The molecular formula is C19H29N4O2P. The van der Waals surface area contributed by atoms with Crippen LogP contribution in [0.3, 0.4) is 0 Å². The predicted octanol–water partition coefficient (Wildman–Crippen LogP) is 4.71. The van der Waals surface area contributed by atoms with Crippen molar-refractivity contribution >= 4 is 7.51 Å². The largest absolute Gasteiger partial charge is 0.453 e. The van der Waals surface area contributed by atoms with Crippen LogP contribution in [-0.2, 0) is 0 Å². The van der Waals surface area contributed by atoms with Gasteiger partial charge in [-0.1, -0.05) is 35.2 Å². The summed E-state index contributed by atoms with van der Waals surface area (Å²) in [5.74, 6) is 2.04. The smallest absolute Gasteiger partial charge is 0.210 e. The Morgan fingerprint density at radius 3 is 1.88 bits per heavy atom. The Bertz CT molecular complexity index is 748. The normalized spacial score (nSPS) is 11.9. The molecule has 0 unspecified atom stereocenters. The van der Waals surface area contributed by atoms with Crippen molar-refractivity contribution < 1.29 is 9.57 Å². The molecule has 0 aliphatic carbocycles. The number of rotatable bonds is 7. The molecule has 142 valence electrons. The third-order valence-electron chi connectivity index (χ3n) is 4.00. The van der Waals surface area contributed by atoms with Gasteiger partial charge in [0, 0.05) is 0 Å². The highest BCUT2D eigenvalue weighted by Crippen LogP contribution is 2.55. The lowest BCUT2D eigenvalue weighted by atomic mass is 10.2. The zero-order valence-electron chi connectivity index (χ0n) is 16.7. The first-order valence-corrected chi connectivity index (χ1v) is 10.0. The van der Waals surface area contributed by atoms with Crippen molar-refractivity contribution in [1.82, 2.24) is 14.0 Å². The fraction of sp³-hybridized carbons (Fsp3) is 0.368. The summed E-state index contributed by atoms with van der Waals surface area (Å²) < 4.78 is 12.4. The molecule has 6 nitrogen and oxygen atoms in total. The van der Waals surface area contributed by atoms with Gasteiger partial charge in [0.25, 0.3) is 0 Å². The standard InChI is InChI=1S/C19H29N4O2P/c1-16-12-11-15-18(19(16)24-17-13-9-8-10-14-17)25-20-26(21(2)3,22(4)5)23(6)7/h8-15H,1-7H3. The van der Waals surface area contributed by atoms with E-state index >= 15 is 0 Å². The highest BCUT2D eigenvalue weighted by Gasteiger charge is 2.30. The van der Waals surface area contributed by atoms with E-state index in [1.807, 2.05) is 97.7 Å². The fourth-order valence-electron chi connectivity index (χ4n) is 2.83. The number of para-hydroxylation sites is 2. The molecule has 0 atom stereocenters. The Hall–Kier alpha value is -1.85. The van der Waals surface area contributed by atoms with Crippen LogP contribution >= 0.6 is 7.51 Å². The van der Waals surface area contributed by atoms with Gasteiger partial charge in [0.1, 0.15) is 5.75 Å². The minimum absolute atomic E-state index is 0.601. The van der Waals surface area contributed by atoms with Gasteiger partial charge >= 0.3 is 0 Å².